The molecule has 1 aliphatic heterocycles. The Morgan fingerprint density at radius 2 is 1.88 bits per heavy atom. The van der Waals surface area contributed by atoms with Crippen LogP contribution in [0.4, 0.5) is 14.5 Å². The minimum absolute atomic E-state index is 0. The second-order valence-electron chi connectivity index (χ2n) is 7.46. The molecule has 2 aromatic carbocycles. The number of alkyl halides is 2. The quantitative estimate of drug-likeness (QED) is 0.266. The number of benzene rings is 2. The van der Waals surface area contributed by atoms with Gasteiger partial charge in [0.1, 0.15) is 17.2 Å². The zero-order valence-corrected chi connectivity index (χ0v) is 21.3. The summed E-state index contributed by atoms with van der Waals surface area (Å²) in [6.07, 6.45) is 1.06. The summed E-state index contributed by atoms with van der Waals surface area (Å²) in [7, 11) is 4.87. The number of nitrogens with zero attached hydrogens (tertiary/aromatic N) is 2. The number of hydrogen-bond donors (Lipinski definition) is 2. The van der Waals surface area contributed by atoms with Gasteiger partial charge in [0, 0.05) is 50.5 Å². The SMILES string of the molecule is CN=C(NCc1cc(OC)ccc1OC(F)F)NCC1CCN(c2cccc(OC)c2)C1.I. The van der Waals surface area contributed by atoms with Crippen molar-refractivity contribution in [3.05, 3.63) is 48.0 Å². The highest BCUT2D eigenvalue weighted by molar-refractivity contribution is 14.0. The Kier molecular flexibility index (Phi) is 10.8. The second kappa shape index (κ2) is 13.3. The molecule has 33 heavy (non-hydrogen) atoms. The molecule has 10 heteroatoms. The van der Waals surface area contributed by atoms with Gasteiger partial charge in [-0.3, -0.25) is 4.99 Å². The van der Waals surface area contributed by atoms with Crippen LogP contribution >= 0.6 is 24.0 Å². The fourth-order valence-electron chi connectivity index (χ4n) is 3.71. The molecule has 0 amide bonds. The number of halogens is 3. The molecule has 1 atom stereocenters. The summed E-state index contributed by atoms with van der Waals surface area (Å²) in [4.78, 5) is 6.58. The predicted molar refractivity (Wildman–Crippen MR) is 137 cm³/mol. The summed E-state index contributed by atoms with van der Waals surface area (Å²) in [6.45, 7) is 0.0239. The first-order chi connectivity index (χ1) is 15.5. The molecule has 182 valence electrons. The molecule has 0 aromatic heterocycles. The second-order valence-corrected chi connectivity index (χ2v) is 7.46. The van der Waals surface area contributed by atoms with Gasteiger partial charge in [0.05, 0.1) is 14.2 Å². The van der Waals surface area contributed by atoms with Crippen molar-refractivity contribution < 1.29 is 23.0 Å². The van der Waals surface area contributed by atoms with Crippen molar-refractivity contribution in [1.82, 2.24) is 10.6 Å². The van der Waals surface area contributed by atoms with Gasteiger partial charge in [0.2, 0.25) is 0 Å². The molecule has 0 spiro atoms. The van der Waals surface area contributed by atoms with Crippen molar-refractivity contribution in [3.8, 4) is 17.2 Å². The van der Waals surface area contributed by atoms with Crippen LogP contribution in [0.3, 0.4) is 0 Å². The van der Waals surface area contributed by atoms with Gasteiger partial charge in [-0.05, 0) is 42.7 Å². The van der Waals surface area contributed by atoms with Gasteiger partial charge in [-0.25, -0.2) is 0 Å². The monoisotopic (exact) mass is 576 g/mol. The number of rotatable bonds is 9. The van der Waals surface area contributed by atoms with E-state index in [1.165, 1.54) is 13.2 Å². The van der Waals surface area contributed by atoms with E-state index in [0.29, 0.717) is 23.2 Å². The Labute approximate surface area is 210 Å². The fraction of sp³-hybridized carbons (Fsp3) is 0.435. The van der Waals surface area contributed by atoms with Crippen LogP contribution in [0.5, 0.6) is 17.2 Å². The summed E-state index contributed by atoms with van der Waals surface area (Å²) in [5.41, 5.74) is 1.71. The highest BCUT2D eigenvalue weighted by Gasteiger charge is 2.23. The molecule has 1 aliphatic rings. The minimum Gasteiger partial charge on any atom is -0.497 e. The van der Waals surface area contributed by atoms with E-state index in [4.69, 9.17) is 9.47 Å². The molecule has 1 saturated heterocycles. The van der Waals surface area contributed by atoms with Gasteiger partial charge in [-0.2, -0.15) is 8.78 Å². The highest BCUT2D eigenvalue weighted by atomic mass is 127. The number of guanidine groups is 1. The van der Waals surface area contributed by atoms with Gasteiger partial charge in [0.25, 0.3) is 0 Å². The van der Waals surface area contributed by atoms with Crippen LogP contribution < -0.4 is 29.7 Å². The van der Waals surface area contributed by atoms with Crippen LogP contribution in [-0.4, -0.2) is 53.5 Å². The van der Waals surface area contributed by atoms with Crippen molar-refractivity contribution in [2.45, 2.75) is 19.6 Å². The number of ether oxygens (including phenoxy) is 3. The first kappa shape index (κ1) is 26.7. The highest BCUT2D eigenvalue weighted by Crippen LogP contribution is 2.27. The number of nitrogens with one attached hydrogen (secondary N) is 2. The fourth-order valence-corrected chi connectivity index (χ4v) is 3.71. The molecule has 0 radical (unpaired) electrons. The van der Waals surface area contributed by atoms with Crippen LogP contribution in [0.15, 0.2) is 47.5 Å². The van der Waals surface area contributed by atoms with Gasteiger partial charge >= 0.3 is 6.61 Å². The Morgan fingerprint density at radius 1 is 1.12 bits per heavy atom. The molecule has 0 bridgehead atoms. The average Bonchev–Trinajstić information content (AvgIpc) is 3.29. The molecular formula is C23H31F2IN4O3. The molecule has 2 N–H and O–H groups in total. The van der Waals surface area contributed by atoms with Crippen molar-refractivity contribution in [2.75, 3.05) is 45.8 Å². The van der Waals surface area contributed by atoms with Gasteiger partial charge in [-0.1, -0.05) is 6.07 Å². The lowest BCUT2D eigenvalue weighted by Crippen LogP contribution is -2.40. The third-order valence-electron chi connectivity index (χ3n) is 5.42. The molecule has 0 saturated carbocycles. The zero-order chi connectivity index (χ0) is 22.9. The topological polar surface area (TPSA) is 67.4 Å². The summed E-state index contributed by atoms with van der Waals surface area (Å²) in [6, 6.07) is 12.8. The summed E-state index contributed by atoms with van der Waals surface area (Å²) in [5.74, 6) is 2.56. The van der Waals surface area contributed by atoms with Crippen LogP contribution in [0.25, 0.3) is 0 Å². The van der Waals surface area contributed by atoms with E-state index < -0.39 is 6.61 Å². The minimum atomic E-state index is -2.89. The maximum absolute atomic E-state index is 12.7. The Hall–Kier alpha value is -2.50. The summed E-state index contributed by atoms with van der Waals surface area (Å²) < 4.78 is 40.6. The Bertz CT molecular complexity index is 917. The maximum Gasteiger partial charge on any atom is 0.387 e. The average molecular weight is 576 g/mol. The van der Waals surface area contributed by atoms with E-state index in [2.05, 4.69) is 31.3 Å². The molecule has 1 heterocycles. The normalized spacial score (nSPS) is 15.8. The zero-order valence-electron chi connectivity index (χ0n) is 19.0. The number of hydrogen-bond acceptors (Lipinski definition) is 5. The molecule has 1 fully saturated rings. The third-order valence-corrected chi connectivity index (χ3v) is 5.42. The van der Waals surface area contributed by atoms with Crippen LogP contribution in [0, 0.1) is 5.92 Å². The number of aliphatic imine (C=N–C) groups is 1. The van der Waals surface area contributed by atoms with E-state index in [9.17, 15) is 8.78 Å². The Balaban J connectivity index is 0.00000385. The van der Waals surface area contributed by atoms with Crippen LogP contribution in [-0.2, 0) is 6.54 Å². The predicted octanol–water partition coefficient (Wildman–Crippen LogP) is 4.11. The van der Waals surface area contributed by atoms with Gasteiger partial charge < -0.3 is 29.7 Å². The molecular weight excluding hydrogens is 545 g/mol. The maximum atomic E-state index is 12.7. The largest absolute Gasteiger partial charge is 0.497 e. The van der Waals surface area contributed by atoms with Gasteiger partial charge in [-0.15, -0.1) is 24.0 Å². The van der Waals surface area contributed by atoms with Crippen molar-refractivity contribution in [1.29, 1.82) is 0 Å². The van der Waals surface area contributed by atoms with Crippen molar-refractivity contribution >= 4 is 35.6 Å². The van der Waals surface area contributed by atoms with Crippen LogP contribution in [0.2, 0.25) is 0 Å². The standard InChI is InChI=1S/C23H30F2N4O3.HI/c1-26-23(28-14-17-11-20(31-3)7-8-21(17)32-22(24)25)27-13-16-9-10-29(15-16)18-5-4-6-19(12-18)30-2;/h4-8,11-12,16,22H,9-10,13-15H2,1-3H3,(H2,26,27,28);1H. The van der Waals surface area contributed by atoms with E-state index in [1.807, 2.05) is 18.2 Å². The van der Waals surface area contributed by atoms with E-state index in [-0.39, 0.29) is 36.3 Å². The summed E-state index contributed by atoms with van der Waals surface area (Å²) >= 11 is 0. The molecule has 7 nitrogen and oxygen atoms in total. The first-order valence-corrected chi connectivity index (χ1v) is 10.5. The van der Waals surface area contributed by atoms with Crippen molar-refractivity contribution in [3.63, 3.8) is 0 Å². The lowest BCUT2D eigenvalue weighted by molar-refractivity contribution is -0.0505. The van der Waals surface area contributed by atoms with Crippen LogP contribution in [0.1, 0.15) is 12.0 Å². The first-order valence-electron chi connectivity index (χ1n) is 10.5. The Morgan fingerprint density at radius 3 is 2.58 bits per heavy atom. The molecule has 3 rings (SSSR count). The van der Waals surface area contributed by atoms with E-state index in [1.54, 1.807) is 26.3 Å². The lowest BCUT2D eigenvalue weighted by atomic mass is 10.1. The van der Waals surface area contributed by atoms with E-state index >= 15 is 0 Å². The molecule has 0 aliphatic carbocycles. The smallest absolute Gasteiger partial charge is 0.387 e. The van der Waals surface area contributed by atoms with Crippen molar-refractivity contribution in [2.24, 2.45) is 10.9 Å². The number of methoxy groups -OCH3 is 2. The third kappa shape index (κ3) is 7.79. The molecule has 2 aromatic rings. The summed E-state index contributed by atoms with van der Waals surface area (Å²) in [5, 5.41) is 6.49. The molecule has 1 unspecified atom stereocenters. The number of anilines is 1. The van der Waals surface area contributed by atoms with E-state index in [0.717, 1.165) is 37.5 Å². The van der Waals surface area contributed by atoms with Gasteiger partial charge in [0.15, 0.2) is 5.96 Å². The lowest BCUT2D eigenvalue weighted by Gasteiger charge is -2.20.